The number of hydrogen-bond donors (Lipinski definition) is 2. The molecule has 1 aromatic rings. The topological polar surface area (TPSA) is 78.7 Å². The molecular weight excluding hydrogens is 299 g/mol. The molecule has 2 saturated heterocycles. The van der Waals surface area contributed by atoms with Crippen LogP contribution in [0.5, 0.6) is 0 Å². The predicted molar refractivity (Wildman–Crippen MR) is 83.0 cm³/mol. The highest BCUT2D eigenvalue weighted by molar-refractivity contribution is 5.81. The Morgan fingerprint density at radius 2 is 1.87 bits per heavy atom. The summed E-state index contributed by atoms with van der Waals surface area (Å²) >= 11 is 0. The predicted octanol–water partition coefficient (Wildman–Crippen LogP) is 0.842. The number of piperidine rings is 1. The number of nitrogens with zero attached hydrogens (tertiary/aromatic N) is 2. The maximum absolute atomic E-state index is 13.1. The van der Waals surface area contributed by atoms with Crippen molar-refractivity contribution in [3.63, 3.8) is 0 Å². The molecule has 2 aliphatic heterocycles. The molecule has 3 amide bonds. The van der Waals surface area contributed by atoms with E-state index in [1.165, 1.54) is 12.1 Å². The zero-order chi connectivity index (χ0) is 16.4. The summed E-state index contributed by atoms with van der Waals surface area (Å²) in [6.45, 7) is 2.79. The molecule has 23 heavy (non-hydrogen) atoms. The maximum atomic E-state index is 13.1. The van der Waals surface area contributed by atoms with Crippen LogP contribution in [0.25, 0.3) is 0 Å². The smallest absolute Gasteiger partial charge is 0.317 e. The third-order valence-electron chi connectivity index (χ3n) is 4.65. The summed E-state index contributed by atoms with van der Waals surface area (Å²) in [6.07, 6.45) is 1.61. The first-order chi connectivity index (χ1) is 11.1. The molecule has 3 rings (SSSR count). The highest BCUT2D eigenvalue weighted by atomic mass is 19.1. The van der Waals surface area contributed by atoms with Crippen LogP contribution in [0.3, 0.4) is 0 Å². The first-order valence-electron chi connectivity index (χ1n) is 7.89. The fourth-order valence-corrected chi connectivity index (χ4v) is 3.49. The minimum Gasteiger partial charge on any atom is -0.368 e. The van der Waals surface area contributed by atoms with Crippen LogP contribution in [-0.4, -0.2) is 54.0 Å². The van der Waals surface area contributed by atoms with Crippen LogP contribution in [0, 0.1) is 5.82 Å². The summed E-state index contributed by atoms with van der Waals surface area (Å²) in [6, 6.07) is 5.53. The molecule has 3 N–H and O–H groups in total. The van der Waals surface area contributed by atoms with Crippen LogP contribution in [0.2, 0.25) is 0 Å². The number of likely N-dealkylation sites (tertiary alicyclic amines) is 1. The highest BCUT2D eigenvalue weighted by Crippen LogP contribution is 2.27. The standard InChI is InChI=1S/C16H21FN4O2/c17-12-3-1-11(2-4-12)14(15(18)22)20-8-5-13(6-9-20)21-10-7-19-16(21)23/h1-4,13-14H,5-10H2,(H2,18,22)(H,19,23). The average molecular weight is 320 g/mol. The van der Waals surface area contributed by atoms with Crippen LogP contribution in [-0.2, 0) is 4.79 Å². The van der Waals surface area contributed by atoms with Gasteiger partial charge < -0.3 is 16.0 Å². The van der Waals surface area contributed by atoms with Crippen molar-refractivity contribution in [2.24, 2.45) is 5.73 Å². The second kappa shape index (κ2) is 6.54. The lowest BCUT2D eigenvalue weighted by Gasteiger charge is -2.39. The second-order valence-electron chi connectivity index (χ2n) is 6.05. The summed E-state index contributed by atoms with van der Waals surface area (Å²) in [4.78, 5) is 27.5. The Labute approximate surface area is 134 Å². The normalized spacial score (nSPS) is 21.3. The number of carbonyl (C=O) groups excluding carboxylic acids is 2. The van der Waals surface area contributed by atoms with Gasteiger partial charge in [-0.05, 0) is 30.5 Å². The Kier molecular flexibility index (Phi) is 4.47. The van der Waals surface area contributed by atoms with Crippen LogP contribution >= 0.6 is 0 Å². The van der Waals surface area contributed by atoms with E-state index in [0.717, 1.165) is 19.4 Å². The van der Waals surface area contributed by atoms with Crippen molar-refractivity contribution >= 4 is 11.9 Å². The summed E-state index contributed by atoms with van der Waals surface area (Å²) in [7, 11) is 0. The summed E-state index contributed by atoms with van der Waals surface area (Å²) in [5, 5.41) is 2.81. The zero-order valence-electron chi connectivity index (χ0n) is 12.9. The fraction of sp³-hybridized carbons (Fsp3) is 0.500. The van der Waals surface area contributed by atoms with E-state index in [-0.39, 0.29) is 17.9 Å². The van der Waals surface area contributed by atoms with Gasteiger partial charge in [0.05, 0.1) is 0 Å². The van der Waals surface area contributed by atoms with Gasteiger partial charge in [0.1, 0.15) is 11.9 Å². The zero-order valence-corrected chi connectivity index (χ0v) is 12.9. The number of rotatable bonds is 4. The van der Waals surface area contributed by atoms with Gasteiger partial charge in [-0.2, -0.15) is 0 Å². The largest absolute Gasteiger partial charge is 0.368 e. The Morgan fingerprint density at radius 1 is 1.22 bits per heavy atom. The van der Waals surface area contributed by atoms with Crippen molar-refractivity contribution in [1.82, 2.24) is 15.1 Å². The third-order valence-corrected chi connectivity index (χ3v) is 4.65. The van der Waals surface area contributed by atoms with Gasteiger partial charge in [-0.1, -0.05) is 12.1 Å². The van der Waals surface area contributed by atoms with Gasteiger partial charge in [-0.3, -0.25) is 9.69 Å². The van der Waals surface area contributed by atoms with Gasteiger partial charge in [0.15, 0.2) is 0 Å². The van der Waals surface area contributed by atoms with Crippen molar-refractivity contribution in [2.45, 2.75) is 24.9 Å². The maximum Gasteiger partial charge on any atom is 0.317 e. The van der Waals surface area contributed by atoms with Crippen LogP contribution in [0.15, 0.2) is 24.3 Å². The Balaban J connectivity index is 1.67. The summed E-state index contributed by atoms with van der Waals surface area (Å²) in [5.41, 5.74) is 6.27. The molecule has 0 spiro atoms. The number of primary amides is 1. The van der Waals surface area contributed by atoms with Crippen LogP contribution < -0.4 is 11.1 Å². The molecular formula is C16H21FN4O2. The van der Waals surface area contributed by atoms with E-state index in [1.807, 2.05) is 9.80 Å². The van der Waals surface area contributed by atoms with Gasteiger partial charge in [0.25, 0.3) is 0 Å². The molecule has 7 heteroatoms. The minimum atomic E-state index is -0.552. The van der Waals surface area contributed by atoms with Crippen molar-refractivity contribution in [3.8, 4) is 0 Å². The first-order valence-corrected chi connectivity index (χ1v) is 7.89. The Bertz CT molecular complexity index is 584. The van der Waals surface area contributed by atoms with Crippen molar-refractivity contribution in [1.29, 1.82) is 0 Å². The van der Waals surface area contributed by atoms with E-state index >= 15 is 0 Å². The minimum absolute atomic E-state index is 0.00608. The first kappa shape index (κ1) is 15.7. The monoisotopic (exact) mass is 320 g/mol. The summed E-state index contributed by atoms with van der Waals surface area (Å²) in [5.74, 6) is -0.773. The molecule has 1 aromatic carbocycles. The van der Waals surface area contributed by atoms with E-state index in [9.17, 15) is 14.0 Å². The van der Waals surface area contributed by atoms with Crippen molar-refractivity contribution in [3.05, 3.63) is 35.6 Å². The van der Waals surface area contributed by atoms with Gasteiger partial charge in [0.2, 0.25) is 5.91 Å². The number of amides is 3. The number of nitrogens with one attached hydrogen (secondary N) is 1. The lowest BCUT2D eigenvalue weighted by atomic mass is 9.98. The van der Waals surface area contributed by atoms with E-state index in [1.54, 1.807) is 12.1 Å². The van der Waals surface area contributed by atoms with Crippen LogP contribution in [0.4, 0.5) is 9.18 Å². The quantitative estimate of drug-likeness (QED) is 0.863. The van der Waals surface area contributed by atoms with Crippen molar-refractivity contribution in [2.75, 3.05) is 26.2 Å². The number of hydrogen-bond acceptors (Lipinski definition) is 3. The molecule has 2 fully saturated rings. The molecule has 2 heterocycles. The van der Waals surface area contributed by atoms with E-state index in [4.69, 9.17) is 5.73 Å². The number of nitrogens with two attached hydrogens (primary N) is 1. The van der Waals surface area contributed by atoms with Gasteiger partial charge >= 0.3 is 6.03 Å². The molecule has 0 aliphatic carbocycles. The SMILES string of the molecule is NC(=O)C(c1ccc(F)cc1)N1CCC(N2CCNC2=O)CC1. The molecule has 0 radical (unpaired) electrons. The second-order valence-corrected chi connectivity index (χ2v) is 6.05. The average Bonchev–Trinajstić information content (AvgIpc) is 2.96. The van der Waals surface area contributed by atoms with Gasteiger partial charge in [-0.25, -0.2) is 9.18 Å². The van der Waals surface area contributed by atoms with E-state index in [2.05, 4.69) is 5.32 Å². The molecule has 2 aliphatic rings. The number of halogens is 1. The molecule has 1 atom stereocenters. The fourth-order valence-electron chi connectivity index (χ4n) is 3.49. The Morgan fingerprint density at radius 3 is 2.39 bits per heavy atom. The molecule has 6 nitrogen and oxygen atoms in total. The molecule has 124 valence electrons. The van der Waals surface area contributed by atoms with Gasteiger partial charge in [-0.15, -0.1) is 0 Å². The van der Waals surface area contributed by atoms with E-state index < -0.39 is 11.9 Å². The number of carbonyl (C=O) groups is 2. The number of urea groups is 1. The Hall–Kier alpha value is -2.15. The van der Waals surface area contributed by atoms with Crippen molar-refractivity contribution < 1.29 is 14.0 Å². The lowest BCUT2D eigenvalue weighted by Crippen LogP contribution is -2.49. The van der Waals surface area contributed by atoms with Crippen LogP contribution in [0.1, 0.15) is 24.4 Å². The van der Waals surface area contributed by atoms with Gasteiger partial charge in [0, 0.05) is 32.2 Å². The highest BCUT2D eigenvalue weighted by Gasteiger charge is 2.34. The third kappa shape index (κ3) is 3.29. The molecule has 0 aromatic heterocycles. The summed E-state index contributed by atoms with van der Waals surface area (Å²) < 4.78 is 13.1. The van der Waals surface area contributed by atoms with E-state index in [0.29, 0.717) is 25.2 Å². The number of benzene rings is 1. The molecule has 0 saturated carbocycles. The lowest BCUT2D eigenvalue weighted by molar-refractivity contribution is -0.124. The molecule has 1 unspecified atom stereocenters. The molecule has 0 bridgehead atoms.